The van der Waals surface area contributed by atoms with Gasteiger partial charge < -0.3 is 10.4 Å². The molecule has 1 aliphatic rings. The molecule has 0 spiro atoms. The van der Waals surface area contributed by atoms with Gasteiger partial charge in [0, 0.05) is 16.6 Å². The highest BCUT2D eigenvalue weighted by atomic mass is 79.9. The van der Waals surface area contributed by atoms with Crippen molar-refractivity contribution < 1.29 is 5.11 Å². The van der Waals surface area contributed by atoms with E-state index in [1.54, 1.807) is 0 Å². The van der Waals surface area contributed by atoms with E-state index in [0.717, 1.165) is 23.9 Å². The van der Waals surface area contributed by atoms with Crippen LogP contribution in [0.2, 0.25) is 0 Å². The summed E-state index contributed by atoms with van der Waals surface area (Å²) in [4.78, 5) is 0. The van der Waals surface area contributed by atoms with Crippen molar-refractivity contribution in [3.8, 4) is 0 Å². The summed E-state index contributed by atoms with van der Waals surface area (Å²) in [5.74, 6) is 0.474. The van der Waals surface area contributed by atoms with E-state index in [0.29, 0.717) is 5.92 Å². The predicted octanol–water partition coefficient (Wildman–Crippen LogP) is 2.67. The van der Waals surface area contributed by atoms with E-state index in [1.807, 2.05) is 6.07 Å². The van der Waals surface area contributed by atoms with Gasteiger partial charge in [0.1, 0.15) is 0 Å². The van der Waals surface area contributed by atoms with Crippen molar-refractivity contribution in [3.05, 3.63) is 34.3 Å². The van der Waals surface area contributed by atoms with Crippen molar-refractivity contribution in [2.45, 2.75) is 31.2 Å². The van der Waals surface area contributed by atoms with Gasteiger partial charge in [-0.2, -0.15) is 0 Å². The molecule has 1 aromatic carbocycles. The minimum Gasteiger partial charge on any atom is -0.394 e. The minimum atomic E-state index is 0.0419. The molecule has 16 heavy (non-hydrogen) atoms. The fraction of sp³-hybridized carbons (Fsp3) is 0.538. The number of hydrogen-bond donors (Lipinski definition) is 2. The Hall–Kier alpha value is -0.380. The maximum absolute atomic E-state index is 9.21. The summed E-state index contributed by atoms with van der Waals surface area (Å²) >= 11 is 3.49. The van der Waals surface area contributed by atoms with Crippen LogP contribution in [0.1, 0.15) is 31.2 Å². The molecule has 1 unspecified atom stereocenters. The second-order valence-corrected chi connectivity index (χ2v) is 5.69. The highest BCUT2D eigenvalue weighted by Crippen LogP contribution is 2.35. The molecule has 0 heterocycles. The Kier molecular flexibility index (Phi) is 3.67. The highest BCUT2D eigenvalue weighted by molar-refractivity contribution is 9.10. The molecule has 2 rings (SSSR count). The fourth-order valence-electron chi connectivity index (χ4n) is 1.84. The zero-order chi connectivity index (χ0) is 11.6. The van der Waals surface area contributed by atoms with Crippen molar-refractivity contribution in [1.29, 1.82) is 0 Å². The Labute approximate surface area is 105 Å². The first-order chi connectivity index (χ1) is 7.65. The third kappa shape index (κ3) is 2.84. The van der Waals surface area contributed by atoms with Crippen molar-refractivity contribution in [2.75, 3.05) is 13.2 Å². The van der Waals surface area contributed by atoms with E-state index in [9.17, 15) is 5.11 Å². The van der Waals surface area contributed by atoms with Crippen LogP contribution < -0.4 is 5.32 Å². The van der Waals surface area contributed by atoms with Gasteiger partial charge in [0.05, 0.1) is 6.61 Å². The van der Waals surface area contributed by atoms with E-state index < -0.39 is 0 Å². The van der Waals surface area contributed by atoms with Crippen LogP contribution >= 0.6 is 15.9 Å². The average Bonchev–Trinajstić information content (AvgIpc) is 3.07. The van der Waals surface area contributed by atoms with Crippen molar-refractivity contribution >= 4 is 15.9 Å². The molecule has 0 radical (unpaired) electrons. The van der Waals surface area contributed by atoms with Crippen molar-refractivity contribution in [2.24, 2.45) is 0 Å². The standard InChI is InChI=1S/C13H18BrNO/c1-10(8-15-13(9-16)5-6-13)11-3-2-4-12(14)7-11/h2-4,7,10,15-16H,5-6,8-9H2,1H3. The average molecular weight is 284 g/mol. The summed E-state index contributed by atoms with van der Waals surface area (Å²) in [6.45, 7) is 3.40. The fourth-order valence-corrected chi connectivity index (χ4v) is 2.26. The Bertz CT molecular complexity index is 363. The molecule has 1 saturated carbocycles. The SMILES string of the molecule is CC(CNC1(CO)CC1)c1cccc(Br)c1. The lowest BCUT2D eigenvalue weighted by atomic mass is 10.0. The topological polar surface area (TPSA) is 32.3 Å². The Balaban J connectivity index is 1.90. The lowest BCUT2D eigenvalue weighted by Crippen LogP contribution is -2.37. The van der Waals surface area contributed by atoms with Crippen LogP contribution in [0.3, 0.4) is 0 Å². The molecule has 2 N–H and O–H groups in total. The number of nitrogens with one attached hydrogen (secondary N) is 1. The lowest BCUT2D eigenvalue weighted by molar-refractivity contribution is 0.229. The smallest absolute Gasteiger partial charge is 0.0613 e. The lowest BCUT2D eigenvalue weighted by Gasteiger charge is -2.18. The van der Waals surface area contributed by atoms with Crippen LogP contribution in [-0.2, 0) is 0 Å². The third-order valence-electron chi connectivity index (χ3n) is 3.36. The van der Waals surface area contributed by atoms with E-state index in [1.165, 1.54) is 5.56 Å². The molecule has 1 aliphatic carbocycles. The second kappa shape index (κ2) is 4.86. The number of rotatable bonds is 5. The minimum absolute atomic E-state index is 0.0419. The molecule has 0 bridgehead atoms. The first-order valence-electron chi connectivity index (χ1n) is 5.77. The number of aliphatic hydroxyl groups is 1. The number of benzene rings is 1. The van der Waals surface area contributed by atoms with Crippen LogP contribution in [-0.4, -0.2) is 23.8 Å². The highest BCUT2D eigenvalue weighted by Gasteiger charge is 2.41. The quantitative estimate of drug-likeness (QED) is 0.871. The van der Waals surface area contributed by atoms with Gasteiger partial charge in [0.2, 0.25) is 0 Å². The van der Waals surface area contributed by atoms with Crippen LogP contribution in [0, 0.1) is 0 Å². The van der Waals surface area contributed by atoms with Gasteiger partial charge in [-0.05, 0) is 36.5 Å². The molecule has 1 atom stereocenters. The number of aliphatic hydroxyl groups excluding tert-OH is 1. The first-order valence-corrected chi connectivity index (χ1v) is 6.56. The molecule has 88 valence electrons. The van der Waals surface area contributed by atoms with E-state index in [2.05, 4.69) is 46.4 Å². The number of halogens is 1. The second-order valence-electron chi connectivity index (χ2n) is 4.78. The molecular formula is C13H18BrNO. The molecule has 0 amide bonds. The summed E-state index contributed by atoms with van der Waals surface area (Å²) in [6.07, 6.45) is 2.21. The number of hydrogen-bond acceptors (Lipinski definition) is 2. The Morgan fingerprint density at radius 1 is 1.50 bits per heavy atom. The maximum Gasteiger partial charge on any atom is 0.0613 e. The van der Waals surface area contributed by atoms with Gasteiger partial charge in [0.25, 0.3) is 0 Å². The largest absolute Gasteiger partial charge is 0.394 e. The van der Waals surface area contributed by atoms with E-state index >= 15 is 0 Å². The predicted molar refractivity (Wildman–Crippen MR) is 69.6 cm³/mol. The maximum atomic E-state index is 9.21. The normalized spacial score (nSPS) is 19.4. The van der Waals surface area contributed by atoms with Gasteiger partial charge in [-0.25, -0.2) is 0 Å². The summed E-state index contributed by atoms with van der Waals surface area (Å²) in [5.41, 5.74) is 1.37. The van der Waals surface area contributed by atoms with Gasteiger partial charge in [-0.15, -0.1) is 0 Å². The molecule has 0 saturated heterocycles. The molecule has 0 aromatic heterocycles. The molecule has 3 heteroatoms. The van der Waals surface area contributed by atoms with E-state index in [4.69, 9.17) is 0 Å². The van der Waals surface area contributed by atoms with Gasteiger partial charge >= 0.3 is 0 Å². The molecule has 1 aromatic rings. The van der Waals surface area contributed by atoms with Crippen molar-refractivity contribution in [1.82, 2.24) is 5.32 Å². The molecular weight excluding hydrogens is 266 g/mol. The molecule has 2 nitrogen and oxygen atoms in total. The van der Waals surface area contributed by atoms with Gasteiger partial charge in [-0.1, -0.05) is 35.0 Å². The van der Waals surface area contributed by atoms with Crippen LogP contribution in [0.25, 0.3) is 0 Å². The van der Waals surface area contributed by atoms with Gasteiger partial charge in [-0.3, -0.25) is 0 Å². The van der Waals surface area contributed by atoms with Gasteiger partial charge in [0.15, 0.2) is 0 Å². The van der Waals surface area contributed by atoms with Crippen LogP contribution in [0.15, 0.2) is 28.7 Å². The third-order valence-corrected chi connectivity index (χ3v) is 3.85. The monoisotopic (exact) mass is 283 g/mol. The summed E-state index contributed by atoms with van der Waals surface area (Å²) in [7, 11) is 0. The van der Waals surface area contributed by atoms with Crippen molar-refractivity contribution in [3.63, 3.8) is 0 Å². The Morgan fingerprint density at radius 3 is 2.81 bits per heavy atom. The summed E-state index contributed by atoms with van der Waals surface area (Å²) < 4.78 is 1.13. The molecule has 1 fully saturated rings. The Morgan fingerprint density at radius 2 is 2.25 bits per heavy atom. The summed E-state index contributed by atoms with van der Waals surface area (Å²) in [6, 6.07) is 8.41. The zero-order valence-corrected chi connectivity index (χ0v) is 11.1. The van der Waals surface area contributed by atoms with E-state index in [-0.39, 0.29) is 12.1 Å². The van der Waals surface area contributed by atoms with Crippen LogP contribution in [0.4, 0.5) is 0 Å². The summed E-state index contributed by atoms with van der Waals surface area (Å²) in [5, 5.41) is 12.7. The first kappa shape index (κ1) is 12.1. The zero-order valence-electron chi connectivity index (χ0n) is 9.54. The van der Waals surface area contributed by atoms with Crippen LogP contribution in [0.5, 0.6) is 0 Å². The molecule has 0 aliphatic heterocycles.